The number of aromatic carboxylic acids is 1. The predicted molar refractivity (Wildman–Crippen MR) is 114 cm³/mol. The highest BCUT2D eigenvalue weighted by molar-refractivity contribution is 5.88. The van der Waals surface area contributed by atoms with Crippen LogP contribution in [0.3, 0.4) is 0 Å². The minimum Gasteiger partial charge on any atom is -0.478 e. The maximum atomic E-state index is 11.0. The SMILES string of the molecule is O=C(O)c1ccc(-c2ccc(N3CCCN(C4CCCCC4)CC3)cc2)cc1. The number of anilines is 1. The van der Waals surface area contributed by atoms with E-state index >= 15 is 0 Å². The van der Waals surface area contributed by atoms with Crippen LogP contribution in [0.5, 0.6) is 0 Å². The minimum absolute atomic E-state index is 0.326. The Morgan fingerprint density at radius 2 is 1.39 bits per heavy atom. The van der Waals surface area contributed by atoms with Crippen LogP contribution in [0.25, 0.3) is 11.1 Å². The van der Waals surface area contributed by atoms with Gasteiger partial charge in [-0.2, -0.15) is 0 Å². The molecule has 2 aromatic rings. The standard InChI is InChI=1S/C24H30N2O2/c27-24(28)21-9-7-19(8-10-21)20-11-13-23(14-12-20)26-16-4-15-25(17-18-26)22-5-2-1-3-6-22/h7-14,22H,1-6,15-18H2,(H,27,28). The number of carboxylic acids is 1. The molecule has 1 saturated carbocycles. The Morgan fingerprint density at radius 1 is 0.750 bits per heavy atom. The van der Waals surface area contributed by atoms with Gasteiger partial charge in [-0.3, -0.25) is 4.90 Å². The summed E-state index contributed by atoms with van der Waals surface area (Å²) < 4.78 is 0. The number of carbonyl (C=O) groups is 1. The lowest BCUT2D eigenvalue weighted by atomic mass is 9.94. The number of benzene rings is 2. The van der Waals surface area contributed by atoms with Crippen LogP contribution in [-0.2, 0) is 0 Å². The molecule has 4 heteroatoms. The van der Waals surface area contributed by atoms with Crippen LogP contribution in [0.1, 0.15) is 48.9 Å². The van der Waals surface area contributed by atoms with Gasteiger partial charge in [0.05, 0.1) is 5.56 Å². The minimum atomic E-state index is -0.884. The molecule has 4 nitrogen and oxygen atoms in total. The molecule has 1 heterocycles. The van der Waals surface area contributed by atoms with Gasteiger partial charge in [0.25, 0.3) is 0 Å². The van der Waals surface area contributed by atoms with Gasteiger partial charge in [-0.25, -0.2) is 4.79 Å². The van der Waals surface area contributed by atoms with Crippen molar-refractivity contribution in [2.24, 2.45) is 0 Å². The summed E-state index contributed by atoms with van der Waals surface area (Å²) in [7, 11) is 0. The molecule has 2 aliphatic rings. The van der Waals surface area contributed by atoms with Crippen LogP contribution in [-0.4, -0.2) is 48.2 Å². The van der Waals surface area contributed by atoms with E-state index in [0.717, 1.165) is 30.3 Å². The number of nitrogens with zero attached hydrogens (tertiary/aromatic N) is 2. The Kier molecular flexibility index (Phi) is 5.96. The van der Waals surface area contributed by atoms with Crippen LogP contribution < -0.4 is 4.90 Å². The maximum Gasteiger partial charge on any atom is 0.335 e. The summed E-state index contributed by atoms with van der Waals surface area (Å²) in [5.41, 5.74) is 3.79. The molecule has 0 amide bonds. The summed E-state index contributed by atoms with van der Waals surface area (Å²) in [5, 5.41) is 9.04. The monoisotopic (exact) mass is 378 g/mol. The van der Waals surface area contributed by atoms with E-state index in [9.17, 15) is 4.79 Å². The molecule has 4 rings (SSSR count). The number of hydrogen-bond donors (Lipinski definition) is 1. The van der Waals surface area contributed by atoms with Crippen molar-refractivity contribution in [3.05, 3.63) is 54.1 Å². The second kappa shape index (κ2) is 8.78. The lowest BCUT2D eigenvalue weighted by Gasteiger charge is -2.33. The predicted octanol–water partition coefficient (Wildman–Crippen LogP) is 4.90. The zero-order valence-corrected chi connectivity index (χ0v) is 16.5. The number of carboxylic acid groups (broad SMARTS) is 1. The van der Waals surface area contributed by atoms with Gasteiger partial charge in [0.15, 0.2) is 0 Å². The second-order valence-electron chi connectivity index (χ2n) is 8.10. The van der Waals surface area contributed by atoms with Gasteiger partial charge in [-0.05, 0) is 54.7 Å². The van der Waals surface area contributed by atoms with E-state index in [0.29, 0.717) is 5.56 Å². The molecular weight excluding hydrogens is 348 g/mol. The lowest BCUT2D eigenvalue weighted by molar-refractivity contribution is 0.0697. The molecule has 2 aromatic carbocycles. The van der Waals surface area contributed by atoms with Crippen molar-refractivity contribution in [2.75, 3.05) is 31.1 Å². The largest absolute Gasteiger partial charge is 0.478 e. The van der Waals surface area contributed by atoms with Crippen molar-refractivity contribution in [3.63, 3.8) is 0 Å². The average molecular weight is 379 g/mol. The zero-order chi connectivity index (χ0) is 19.3. The molecule has 0 radical (unpaired) electrons. The molecule has 28 heavy (non-hydrogen) atoms. The van der Waals surface area contributed by atoms with Gasteiger partial charge in [0.2, 0.25) is 0 Å². The van der Waals surface area contributed by atoms with Crippen LogP contribution in [0, 0.1) is 0 Å². The highest BCUT2D eigenvalue weighted by atomic mass is 16.4. The zero-order valence-electron chi connectivity index (χ0n) is 16.5. The van der Waals surface area contributed by atoms with E-state index in [1.807, 2.05) is 12.1 Å². The first-order valence-corrected chi connectivity index (χ1v) is 10.6. The Labute approximate surface area is 167 Å². The average Bonchev–Trinajstić information content (AvgIpc) is 3.01. The Hall–Kier alpha value is -2.33. The normalized spacial score (nSPS) is 19.4. The Balaban J connectivity index is 1.40. The summed E-state index contributed by atoms with van der Waals surface area (Å²) in [6, 6.07) is 16.6. The number of hydrogen-bond acceptors (Lipinski definition) is 3. The Morgan fingerprint density at radius 3 is 2.04 bits per heavy atom. The van der Waals surface area contributed by atoms with Crippen molar-refractivity contribution in [1.82, 2.24) is 4.90 Å². The first-order valence-electron chi connectivity index (χ1n) is 10.6. The van der Waals surface area contributed by atoms with Gasteiger partial charge in [-0.15, -0.1) is 0 Å². The molecule has 0 aromatic heterocycles. The summed E-state index contributed by atoms with van der Waals surface area (Å²) >= 11 is 0. The van der Waals surface area contributed by atoms with Crippen molar-refractivity contribution in [2.45, 2.75) is 44.6 Å². The highest BCUT2D eigenvalue weighted by Crippen LogP contribution is 2.27. The Bertz CT molecular complexity index is 779. The molecule has 0 atom stereocenters. The lowest BCUT2D eigenvalue weighted by Crippen LogP contribution is -2.39. The van der Waals surface area contributed by atoms with Crippen LogP contribution in [0.15, 0.2) is 48.5 Å². The summed E-state index contributed by atoms with van der Waals surface area (Å²) in [6.07, 6.45) is 8.22. The molecule has 0 unspecified atom stereocenters. The maximum absolute atomic E-state index is 11.0. The van der Waals surface area contributed by atoms with Crippen LogP contribution >= 0.6 is 0 Å². The summed E-state index contributed by atoms with van der Waals surface area (Å²) in [6.45, 7) is 4.62. The number of rotatable bonds is 4. The van der Waals surface area contributed by atoms with Gasteiger partial charge < -0.3 is 10.0 Å². The van der Waals surface area contributed by atoms with Crippen molar-refractivity contribution < 1.29 is 9.90 Å². The first-order chi connectivity index (χ1) is 13.7. The van der Waals surface area contributed by atoms with Crippen LogP contribution in [0.2, 0.25) is 0 Å². The smallest absolute Gasteiger partial charge is 0.335 e. The molecule has 1 aliphatic heterocycles. The van der Waals surface area contributed by atoms with Crippen molar-refractivity contribution in [1.29, 1.82) is 0 Å². The van der Waals surface area contributed by atoms with Crippen molar-refractivity contribution in [3.8, 4) is 11.1 Å². The molecule has 1 N–H and O–H groups in total. The molecular formula is C24H30N2O2. The van der Waals surface area contributed by atoms with E-state index in [-0.39, 0.29) is 0 Å². The summed E-state index contributed by atoms with van der Waals surface area (Å²) in [5.74, 6) is -0.884. The first kappa shape index (κ1) is 19.0. The molecule has 1 saturated heterocycles. The molecule has 0 bridgehead atoms. The van der Waals surface area contributed by atoms with E-state index in [1.54, 1.807) is 12.1 Å². The van der Waals surface area contributed by atoms with Crippen LogP contribution in [0.4, 0.5) is 5.69 Å². The topological polar surface area (TPSA) is 43.8 Å². The molecule has 0 spiro atoms. The quantitative estimate of drug-likeness (QED) is 0.822. The van der Waals surface area contributed by atoms with Crippen molar-refractivity contribution >= 4 is 11.7 Å². The third-order valence-corrected chi connectivity index (χ3v) is 6.32. The molecule has 2 fully saturated rings. The molecule has 148 valence electrons. The van der Waals surface area contributed by atoms with Gasteiger partial charge >= 0.3 is 5.97 Å². The fourth-order valence-corrected chi connectivity index (χ4v) is 4.68. The molecule has 1 aliphatic carbocycles. The fraction of sp³-hybridized carbons (Fsp3) is 0.458. The summed E-state index contributed by atoms with van der Waals surface area (Å²) in [4.78, 5) is 16.3. The van der Waals surface area contributed by atoms with E-state index < -0.39 is 5.97 Å². The fourth-order valence-electron chi connectivity index (χ4n) is 4.68. The van der Waals surface area contributed by atoms with E-state index in [4.69, 9.17) is 5.11 Å². The third-order valence-electron chi connectivity index (χ3n) is 6.32. The van der Waals surface area contributed by atoms with Gasteiger partial charge in [0, 0.05) is 37.9 Å². The third kappa shape index (κ3) is 4.39. The van der Waals surface area contributed by atoms with Gasteiger partial charge in [0.1, 0.15) is 0 Å². The second-order valence-corrected chi connectivity index (χ2v) is 8.10. The van der Waals surface area contributed by atoms with E-state index in [2.05, 4.69) is 34.1 Å². The highest BCUT2D eigenvalue weighted by Gasteiger charge is 2.23. The van der Waals surface area contributed by atoms with E-state index in [1.165, 1.54) is 57.3 Å². The van der Waals surface area contributed by atoms with Gasteiger partial charge in [-0.1, -0.05) is 43.5 Å².